The Morgan fingerprint density at radius 2 is 1.58 bits per heavy atom. The summed E-state index contributed by atoms with van der Waals surface area (Å²) in [4.78, 5) is 49.4. The third-order valence-electron chi connectivity index (χ3n) is 11.1. The first-order chi connectivity index (χ1) is 25.0. The number of nitrogens with zero attached hydrogens (tertiary/aromatic N) is 4. The number of urea groups is 1. The first-order valence-corrected chi connectivity index (χ1v) is 18.3. The second kappa shape index (κ2) is 15.8. The van der Waals surface area contributed by atoms with Gasteiger partial charge in [0.2, 0.25) is 5.75 Å². The fourth-order valence-electron chi connectivity index (χ4n) is 8.07. The van der Waals surface area contributed by atoms with E-state index in [0.717, 1.165) is 30.5 Å². The predicted molar refractivity (Wildman–Crippen MR) is 197 cm³/mol. The number of carboxylic acids is 1. The minimum atomic E-state index is -0.980. The van der Waals surface area contributed by atoms with Gasteiger partial charge in [0.1, 0.15) is 6.04 Å². The van der Waals surface area contributed by atoms with Crippen LogP contribution in [0.25, 0.3) is 0 Å². The number of carbonyl (C=O) groups is 3. The van der Waals surface area contributed by atoms with Gasteiger partial charge in [0.05, 0.1) is 36.9 Å². The summed E-state index contributed by atoms with van der Waals surface area (Å²) in [6.45, 7) is 3.59. The van der Waals surface area contributed by atoms with Crippen molar-refractivity contribution in [2.45, 2.75) is 55.5 Å². The Morgan fingerprint density at radius 3 is 2.19 bits per heavy atom. The number of piperidine rings is 1. The van der Waals surface area contributed by atoms with E-state index in [0.29, 0.717) is 91.3 Å². The number of rotatable bonds is 11. The molecule has 14 heteroatoms. The zero-order valence-corrected chi connectivity index (χ0v) is 31.2. The number of ether oxygens (including phenoxy) is 3. The molecule has 1 aromatic heterocycles. The quantitative estimate of drug-likeness (QED) is 0.248. The van der Waals surface area contributed by atoms with Gasteiger partial charge in [0.15, 0.2) is 11.5 Å². The minimum Gasteiger partial charge on any atom is -0.493 e. The summed E-state index contributed by atoms with van der Waals surface area (Å²) < 4.78 is 16.5. The molecule has 52 heavy (non-hydrogen) atoms. The molecule has 3 aliphatic rings. The van der Waals surface area contributed by atoms with Crippen LogP contribution in [0.5, 0.6) is 17.2 Å². The Balaban J connectivity index is 1.20. The maximum absolute atomic E-state index is 14.0. The molecule has 3 fully saturated rings. The van der Waals surface area contributed by atoms with Crippen LogP contribution in [0.15, 0.2) is 54.9 Å². The van der Waals surface area contributed by atoms with Gasteiger partial charge in [-0.05, 0) is 92.6 Å². The number of amides is 3. The molecule has 0 radical (unpaired) electrons. The van der Waals surface area contributed by atoms with Gasteiger partial charge in [-0.2, -0.15) is 0 Å². The normalized spacial score (nSPS) is 21.5. The summed E-state index contributed by atoms with van der Waals surface area (Å²) in [6, 6.07) is 11.8. The van der Waals surface area contributed by atoms with Gasteiger partial charge in [-0.1, -0.05) is 29.3 Å². The number of hydrogen-bond donors (Lipinski definition) is 2. The van der Waals surface area contributed by atoms with Crippen molar-refractivity contribution in [2.24, 2.45) is 0 Å². The van der Waals surface area contributed by atoms with E-state index >= 15 is 0 Å². The number of pyridine rings is 1. The molecule has 0 saturated carbocycles. The number of benzene rings is 2. The van der Waals surface area contributed by atoms with Gasteiger partial charge in [-0.15, -0.1) is 0 Å². The SMILES string of the molecule is COc1cc(C(=O)N2CCC(CCN3CCC(NC(=O)N4CCCC4C(=O)O)(c4ccncc4)CC3)(c3ccc(Cl)c(Cl)c3)C2)cc(OC)c1OC. The molecule has 0 bridgehead atoms. The van der Waals surface area contributed by atoms with Crippen molar-refractivity contribution in [3.63, 3.8) is 0 Å². The van der Waals surface area contributed by atoms with Crippen LogP contribution in [0.4, 0.5) is 4.79 Å². The molecule has 3 amide bonds. The average Bonchev–Trinajstić information content (AvgIpc) is 3.84. The number of halogens is 2. The van der Waals surface area contributed by atoms with Crippen molar-refractivity contribution in [3.8, 4) is 17.2 Å². The van der Waals surface area contributed by atoms with Crippen molar-refractivity contribution in [1.29, 1.82) is 0 Å². The Hall–Kier alpha value is -4.26. The lowest BCUT2D eigenvalue weighted by Gasteiger charge is -2.44. The average molecular weight is 755 g/mol. The van der Waals surface area contributed by atoms with Crippen LogP contribution in [0.2, 0.25) is 10.0 Å². The monoisotopic (exact) mass is 753 g/mol. The van der Waals surface area contributed by atoms with Crippen LogP contribution in [-0.4, -0.2) is 109 Å². The van der Waals surface area contributed by atoms with Crippen LogP contribution in [0, 0.1) is 0 Å². The lowest BCUT2D eigenvalue weighted by Crippen LogP contribution is -2.57. The van der Waals surface area contributed by atoms with E-state index in [2.05, 4.69) is 15.2 Å². The minimum absolute atomic E-state index is 0.139. The number of carbonyl (C=O) groups excluding carboxylic acids is 2. The molecule has 0 aliphatic carbocycles. The largest absolute Gasteiger partial charge is 0.493 e. The fourth-order valence-corrected chi connectivity index (χ4v) is 8.37. The molecule has 3 aromatic rings. The zero-order chi connectivity index (χ0) is 37.0. The highest BCUT2D eigenvalue weighted by Crippen LogP contribution is 2.43. The smallest absolute Gasteiger partial charge is 0.326 e. The third-order valence-corrected chi connectivity index (χ3v) is 11.8. The number of methoxy groups -OCH3 is 3. The number of nitrogens with one attached hydrogen (secondary N) is 1. The van der Waals surface area contributed by atoms with Crippen molar-refractivity contribution in [3.05, 3.63) is 81.6 Å². The first kappa shape index (κ1) is 37.5. The van der Waals surface area contributed by atoms with Crippen LogP contribution in [0.3, 0.4) is 0 Å². The molecule has 6 rings (SSSR count). The molecule has 4 heterocycles. The molecule has 278 valence electrons. The first-order valence-electron chi connectivity index (χ1n) is 17.5. The second-order valence-corrected chi connectivity index (χ2v) is 14.6. The Bertz CT molecular complexity index is 1760. The molecule has 2 atom stereocenters. The number of hydrogen-bond acceptors (Lipinski definition) is 8. The van der Waals surface area contributed by atoms with Gasteiger partial charge < -0.3 is 39.3 Å². The van der Waals surface area contributed by atoms with Gasteiger partial charge in [0.25, 0.3) is 5.91 Å². The summed E-state index contributed by atoms with van der Waals surface area (Å²) in [5.74, 6) is 0.118. The number of aliphatic carboxylic acids is 1. The maximum atomic E-state index is 14.0. The number of likely N-dealkylation sites (tertiary alicyclic amines) is 3. The van der Waals surface area contributed by atoms with Crippen molar-refractivity contribution in [1.82, 2.24) is 25.0 Å². The molecule has 3 saturated heterocycles. The summed E-state index contributed by atoms with van der Waals surface area (Å²) in [5, 5.41) is 13.9. The molecule has 2 N–H and O–H groups in total. The fraction of sp³-hybridized carbons (Fsp3) is 0.474. The number of carboxylic acid groups (broad SMARTS) is 1. The molecule has 0 spiro atoms. The summed E-state index contributed by atoms with van der Waals surface area (Å²) >= 11 is 12.9. The topological polar surface area (TPSA) is 134 Å². The standard InChI is InChI=1S/C38H45Cl2N5O7/c1-50-31-21-25(22-32(51-2)33(31)52-3)34(46)44-20-11-37(24-44,27-6-7-28(39)29(40)23-27)10-17-43-18-12-38(13-19-43,26-8-14-41-15-9-26)42-36(49)45-16-4-5-30(45)35(47)48/h6-9,14-15,21-23,30H,4-5,10-13,16-20,24H2,1-3H3,(H,42,49)(H,47,48). The van der Waals surface area contributed by atoms with E-state index in [1.807, 2.05) is 35.2 Å². The lowest BCUT2D eigenvalue weighted by molar-refractivity contribution is -0.141. The molecule has 12 nitrogen and oxygen atoms in total. The van der Waals surface area contributed by atoms with Gasteiger partial charge in [-0.25, -0.2) is 9.59 Å². The van der Waals surface area contributed by atoms with Crippen molar-refractivity contribution >= 4 is 41.1 Å². The number of aromatic nitrogens is 1. The van der Waals surface area contributed by atoms with Crippen LogP contribution < -0.4 is 19.5 Å². The Kier molecular flexibility index (Phi) is 11.4. The van der Waals surface area contributed by atoms with E-state index in [1.165, 1.54) is 26.2 Å². The maximum Gasteiger partial charge on any atom is 0.326 e. The molecule has 2 aromatic carbocycles. The second-order valence-electron chi connectivity index (χ2n) is 13.8. The van der Waals surface area contributed by atoms with Gasteiger partial charge in [-0.3, -0.25) is 9.78 Å². The highest BCUT2D eigenvalue weighted by Gasteiger charge is 2.44. The van der Waals surface area contributed by atoms with E-state index in [4.69, 9.17) is 37.4 Å². The highest BCUT2D eigenvalue weighted by molar-refractivity contribution is 6.42. The van der Waals surface area contributed by atoms with Crippen LogP contribution >= 0.6 is 23.2 Å². The third kappa shape index (κ3) is 7.47. The van der Waals surface area contributed by atoms with Gasteiger partial charge in [0, 0.05) is 56.1 Å². The van der Waals surface area contributed by atoms with Crippen LogP contribution in [0.1, 0.15) is 60.0 Å². The molecular formula is C38H45Cl2N5O7. The molecular weight excluding hydrogens is 709 g/mol. The molecule has 3 aliphatic heterocycles. The summed E-state index contributed by atoms with van der Waals surface area (Å²) in [5.41, 5.74) is 1.36. The summed E-state index contributed by atoms with van der Waals surface area (Å²) in [7, 11) is 4.57. The van der Waals surface area contributed by atoms with Gasteiger partial charge >= 0.3 is 12.0 Å². The predicted octanol–water partition coefficient (Wildman–Crippen LogP) is 5.84. The Morgan fingerprint density at radius 1 is 0.885 bits per heavy atom. The van der Waals surface area contributed by atoms with Crippen molar-refractivity contribution in [2.75, 3.05) is 60.6 Å². The lowest BCUT2D eigenvalue weighted by atomic mass is 9.76. The van der Waals surface area contributed by atoms with E-state index in [9.17, 15) is 19.5 Å². The van der Waals surface area contributed by atoms with E-state index in [-0.39, 0.29) is 17.4 Å². The van der Waals surface area contributed by atoms with E-state index in [1.54, 1.807) is 24.5 Å². The zero-order valence-electron chi connectivity index (χ0n) is 29.7. The highest BCUT2D eigenvalue weighted by atomic mass is 35.5. The summed E-state index contributed by atoms with van der Waals surface area (Å²) in [6.07, 6.45) is 7.31. The molecule has 2 unspecified atom stereocenters. The Labute approximate surface area is 313 Å². The van der Waals surface area contributed by atoms with Crippen LogP contribution in [-0.2, 0) is 15.7 Å². The van der Waals surface area contributed by atoms with E-state index < -0.39 is 17.6 Å². The van der Waals surface area contributed by atoms with Crippen molar-refractivity contribution < 1.29 is 33.7 Å².